The standard InChI is InChI=1S/C15H21ClN2O/c1-4-11(3)15-17-13-7-6-12(16)10-14(13)18(15)8-9-19-5-2/h6-7,10-11H,4-5,8-9H2,1-3H3. The van der Waals surface area contributed by atoms with Crippen molar-refractivity contribution in [1.82, 2.24) is 9.55 Å². The van der Waals surface area contributed by atoms with Crippen molar-refractivity contribution in [2.75, 3.05) is 13.2 Å². The molecule has 1 atom stereocenters. The fraction of sp³-hybridized carbons (Fsp3) is 0.533. The Morgan fingerprint density at radius 2 is 2.16 bits per heavy atom. The molecule has 0 radical (unpaired) electrons. The van der Waals surface area contributed by atoms with Gasteiger partial charge in [-0.1, -0.05) is 25.4 Å². The third-order valence-corrected chi connectivity index (χ3v) is 3.69. The van der Waals surface area contributed by atoms with Crippen LogP contribution in [0.2, 0.25) is 5.02 Å². The van der Waals surface area contributed by atoms with Crippen LogP contribution in [-0.2, 0) is 11.3 Å². The first kappa shape index (κ1) is 14.4. The summed E-state index contributed by atoms with van der Waals surface area (Å²) in [6.07, 6.45) is 1.08. The van der Waals surface area contributed by atoms with Gasteiger partial charge >= 0.3 is 0 Å². The van der Waals surface area contributed by atoms with Crippen molar-refractivity contribution in [2.45, 2.75) is 39.7 Å². The molecule has 19 heavy (non-hydrogen) atoms. The molecule has 2 aromatic rings. The maximum absolute atomic E-state index is 6.10. The second kappa shape index (κ2) is 6.40. The third-order valence-electron chi connectivity index (χ3n) is 3.46. The van der Waals surface area contributed by atoms with E-state index in [1.54, 1.807) is 0 Å². The first-order chi connectivity index (χ1) is 9.17. The molecule has 4 heteroatoms. The first-order valence-corrected chi connectivity index (χ1v) is 7.28. The molecule has 2 rings (SSSR count). The van der Waals surface area contributed by atoms with Crippen LogP contribution in [0.25, 0.3) is 11.0 Å². The monoisotopic (exact) mass is 280 g/mol. The summed E-state index contributed by atoms with van der Waals surface area (Å²) in [5.74, 6) is 1.56. The summed E-state index contributed by atoms with van der Waals surface area (Å²) in [5.41, 5.74) is 2.11. The summed E-state index contributed by atoms with van der Waals surface area (Å²) in [6.45, 7) is 8.68. The number of halogens is 1. The molecule has 1 aromatic heterocycles. The van der Waals surface area contributed by atoms with Gasteiger partial charge in [-0.2, -0.15) is 0 Å². The SMILES string of the molecule is CCOCCn1c(C(C)CC)nc2ccc(Cl)cc21. The van der Waals surface area contributed by atoms with Gasteiger partial charge in [0.15, 0.2) is 0 Å². The molecule has 0 aliphatic rings. The van der Waals surface area contributed by atoms with Gasteiger partial charge in [-0.3, -0.25) is 0 Å². The molecule has 1 aromatic carbocycles. The van der Waals surface area contributed by atoms with Gasteiger partial charge in [-0.15, -0.1) is 0 Å². The van der Waals surface area contributed by atoms with E-state index in [0.717, 1.165) is 41.5 Å². The maximum atomic E-state index is 6.10. The quantitative estimate of drug-likeness (QED) is 0.740. The molecular weight excluding hydrogens is 260 g/mol. The lowest BCUT2D eigenvalue weighted by Gasteiger charge is -2.13. The molecule has 0 saturated heterocycles. The second-order valence-electron chi connectivity index (χ2n) is 4.76. The average Bonchev–Trinajstić information content (AvgIpc) is 2.76. The molecule has 104 valence electrons. The Morgan fingerprint density at radius 3 is 2.84 bits per heavy atom. The molecule has 0 fully saturated rings. The lowest BCUT2D eigenvalue weighted by molar-refractivity contribution is 0.139. The van der Waals surface area contributed by atoms with E-state index in [2.05, 4.69) is 18.4 Å². The summed E-state index contributed by atoms with van der Waals surface area (Å²) in [4.78, 5) is 4.75. The van der Waals surface area contributed by atoms with E-state index < -0.39 is 0 Å². The summed E-state index contributed by atoms with van der Waals surface area (Å²) >= 11 is 6.10. The number of imidazole rings is 1. The highest BCUT2D eigenvalue weighted by atomic mass is 35.5. The van der Waals surface area contributed by atoms with Gasteiger partial charge in [0, 0.05) is 24.1 Å². The first-order valence-electron chi connectivity index (χ1n) is 6.90. The van der Waals surface area contributed by atoms with Gasteiger partial charge in [0.05, 0.1) is 17.6 Å². The summed E-state index contributed by atoms with van der Waals surface area (Å²) < 4.78 is 7.71. The maximum Gasteiger partial charge on any atom is 0.112 e. The van der Waals surface area contributed by atoms with Crippen LogP contribution < -0.4 is 0 Å². The van der Waals surface area contributed by atoms with Crippen LogP contribution in [0.1, 0.15) is 38.9 Å². The minimum Gasteiger partial charge on any atom is -0.380 e. The minimum atomic E-state index is 0.438. The number of hydrogen-bond acceptors (Lipinski definition) is 2. The second-order valence-corrected chi connectivity index (χ2v) is 5.20. The Kier molecular flexibility index (Phi) is 4.83. The van der Waals surface area contributed by atoms with Gasteiger partial charge in [0.2, 0.25) is 0 Å². The summed E-state index contributed by atoms with van der Waals surface area (Å²) in [7, 11) is 0. The highest BCUT2D eigenvalue weighted by molar-refractivity contribution is 6.31. The molecule has 0 bridgehead atoms. The molecule has 0 N–H and O–H groups in total. The molecule has 0 saturated carbocycles. The van der Waals surface area contributed by atoms with Crippen molar-refractivity contribution in [3.63, 3.8) is 0 Å². The zero-order valence-corrected chi connectivity index (χ0v) is 12.6. The van der Waals surface area contributed by atoms with Gasteiger partial charge < -0.3 is 9.30 Å². The molecule has 0 amide bonds. The molecule has 0 aliphatic heterocycles. The zero-order valence-electron chi connectivity index (χ0n) is 11.8. The molecule has 0 spiro atoms. The number of benzene rings is 1. The van der Waals surface area contributed by atoms with E-state index in [1.807, 2.05) is 25.1 Å². The summed E-state index contributed by atoms with van der Waals surface area (Å²) in [6, 6.07) is 5.87. The number of ether oxygens (including phenoxy) is 1. The highest BCUT2D eigenvalue weighted by Crippen LogP contribution is 2.26. The van der Waals surface area contributed by atoms with Crippen molar-refractivity contribution in [3.05, 3.63) is 29.0 Å². The van der Waals surface area contributed by atoms with Crippen molar-refractivity contribution in [1.29, 1.82) is 0 Å². The van der Waals surface area contributed by atoms with E-state index >= 15 is 0 Å². The average molecular weight is 281 g/mol. The van der Waals surface area contributed by atoms with Crippen LogP contribution in [-0.4, -0.2) is 22.8 Å². The van der Waals surface area contributed by atoms with Gasteiger partial charge in [0.25, 0.3) is 0 Å². The number of aromatic nitrogens is 2. The predicted molar refractivity (Wildman–Crippen MR) is 79.9 cm³/mol. The van der Waals surface area contributed by atoms with E-state index in [-0.39, 0.29) is 0 Å². The van der Waals surface area contributed by atoms with Crippen molar-refractivity contribution < 1.29 is 4.74 Å². The largest absolute Gasteiger partial charge is 0.380 e. The van der Waals surface area contributed by atoms with Crippen LogP contribution >= 0.6 is 11.6 Å². The molecule has 3 nitrogen and oxygen atoms in total. The van der Waals surface area contributed by atoms with Crippen LogP contribution in [0, 0.1) is 0 Å². The van der Waals surface area contributed by atoms with E-state index in [4.69, 9.17) is 21.3 Å². The molecule has 1 unspecified atom stereocenters. The van der Waals surface area contributed by atoms with E-state index in [9.17, 15) is 0 Å². The number of hydrogen-bond donors (Lipinski definition) is 0. The van der Waals surface area contributed by atoms with Crippen molar-refractivity contribution in [2.24, 2.45) is 0 Å². The highest BCUT2D eigenvalue weighted by Gasteiger charge is 2.15. The van der Waals surface area contributed by atoms with E-state index in [1.165, 1.54) is 0 Å². The fourth-order valence-electron chi connectivity index (χ4n) is 2.21. The predicted octanol–water partition coefficient (Wildman–Crippen LogP) is 4.24. The van der Waals surface area contributed by atoms with Crippen LogP contribution in [0.4, 0.5) is 0 Å². The van der Waals surface area contributed by atoms with Crippen LogP contribution in [0.15, 0.2) is 18.2 Å². The Balaban J connectivity index is 2.43. The Morgan fingerprint density at radius 1 is 1.37 bits per heavy atom. The van der Waals surface area contributed by atoms with Crippen molar-refractivity contribution >= 4 is 22.6 Å². The number of rotatable bonds is 6. The van der Waals surface area contributed by atoms with Crippen LogP contribution in [0.3, 0.4) is 0 Å². The van der Waals surface area contributed by atoms with Crippen molar-refractivity contribution in [3.8, 4) is 0 Å². The number of nitrogens with zero attached hydrogens (tertiary/aromatic N) is 2. The molecule has 1 heterocycles. The minimum absolute atomic E-state index is 0.438. The van der Waals surface area contributed by atoms with E-state index in [0.29, 0.717) is 12.5 Å². The Bertz CT molecular complexity index is 550. The molecular formula is C15H21ClN2O. The Labute approximate surface area is 119 Å². The fourth-order valence-corrected chi connectivity index (χ4v) is 2.37. The molecule has 0 aliphatic carbocycles. The smallest absolute Gasteiger partial charge is 0.112 e. The lowest BCUT2D eigenvalue weighted by Crippen LogP contribution is -2.11. The van der Waals surface area contributed by atoms with Gasteiger partial charge in [-0.05, 0) is 31.5 Å². The topological polar surface area (TPSA) is 27.1 Å². The normalized spacial score (nSPS) is 13.1. The zero-order chi connectivity index (χ0) is 13.8. The van der Waals surface area contributed by atoms with Crippen LogP contribution in [0.5, 0.6) is 0 Å². The number of fused-ring (bicyclic) bond motifs is 1. The van der Waals surface area contributed by atoms with Gasteiger partial charge in [-0.25, -0.2) is 4.98 Å². The van der Waals surface area contributed by atoms with Gasteiger partial charge in [0.1, 0.15) is 5.82 Å². The third kappa shape index (κ3) is 3.10. The Hall–Kier alpha value is -1.06. The summed E-state index contributed by atoms with van der Waals surface area (Å²) in [5, 5.41) is 0.751. The lowest BCUT2D eigenvalue weighted by atomic mass is 10.1.